The summed E-state index contributed by atoms with van der Waals surface area (Å²) in [6.45, 7) is 7.86. The van der Waals surface area contributed by atoms with Crippen molar-refractivity contribution in [3.8, 4) is 34.0 Å². The van der Waals surface area contributed by atoms with Gasteiger partial charge in [-0.25, -0.2) is 9.97 Å². The van der Waals surface area contributed by atoms with Gasteiger partial charge in [0.1, 0.15) is 17.3 Å². The molecule has 0 aliphatic heterocycles. The summed E-state index contributed by atoms with van der Waals surface area (Å²) in [6, 6.07) is 11.4. The number of benzene rings is 2. The topological polar surface area (TPSA) is 130 Å². The van der Waals surface area contributed by atoms with Crippen molar-refractivity contribution >= 4 is 17.1 Å². The van der Waals surface area contributed by atoms with Crippen LogP contribution < -0.4 is 15.0 Å². The normalized spacial score (nSPS) is 12.1. The monoisotopic (exact) mass is 476 g/mol. The first-order valence-corrected chi connectivity index (χ1v) is 11.5. The van der Waals surface area contributed by atoms with E-state index in [2.05, 4.69) is 19.9 Å². The Morgan fingerprint density at radius 2 is 1.83 bits per heavy atom. The number of carboxylic acids is 1. The van der Waals surface area contributed by atoms with Gasteiger partial charge in [0.15, 0.2) is 11.2 Å². The lowest BCUT2D eigenvalue weighted by Crippen LogP contribution is -2.14. The van der Waals surface area contributed by atoms with E-state index in [0.717, 1.165) is 16.7 Å². The number of hydrogen-bond donors (Lipinski definition) is 3. The van der Waals surface area contributed by atoms with Gasteiger partial charge in [-0.2, -0.15) is 0 Å². The van der Waals surface area contributed by atoms with Crippen molar-refractivity contribution in [2.24, 2.45) is 5.92 Å². The average molecular weight is 477 g/mol. The Labute approximate surface area is 202 Å². The van der Waals surface area contributed by atoms with Crippen LogP contribution in [0.3, 0.4) is 0 Å². The number of aliphatic carboxylic acids is 1. The quantitative estimate of drug-likeness (QED) is 0.326. The third kappa shape index (κ3) is 5.18. The zero-order chi connectivity index (χ0) is 25.1. The summed E-state index contributed by atoms with van der Waals surface area (Å²) in [5, 5.41) is 9.41. The Morgan fingerprint density at radius 3 is 2.54 bits per heavy atom. The molecule has 2 aromatic heterocycles. The fourth-order valence-corrected chi connectivity index (χ4v) is 3.85. The highest BCUT2D eigenvalue weighted by Crippen LogP contribution is 2.35. The van der Waals surface area contributed by atoms with E-state index in [1.54, 1.807) is 6.92 Å². The molecule has 0 fully saturated rings. The lowest BCUT2D eigenvalue weighted by Gasteiger charge is -2.18. The number of nitrogens with one attached hydrogen (secondary N) is 2. The first-order chi connectivity index (χ1) is 16.8. The molecule has 0 aliphatic rings. The second-order valence-corrected chi connectivity index (χ2v) is 8.59. The van der Waals surface area contributed by atoms with E-state index in [9.17, 15) is 14.7 Å². The number of aromatic amines is 2. The second-order valence-electron chi connectivity index (χ2n) is 8.59. The molecule has 0 unspecified atom stereocenters. The lowest BCUT2D eigenvalue weighted by atomic mass is 9.95. The Morgan fingerprint density at radius 1 is 1.09 bits per heavy atom. The minimum atomic E-state index is -0.857. The molecule has 4 rings (SSSR count). The third-order valence-corrected chi connectivity index (χ3v) is 5.54. The van der Waals surface area contributed by atoms with Crippen molar-refractivity contribution in [2.75, 3.05) is 6.61 Å². The highest BCUT2D eigenvalue weighted by molar-refractivity contribution is 5.77. The van der Waals surface area contributed by atoms with Crippen LogP contribution in [0, 0.1) is 5.92 Å². The van der Waals surface area contributed by atoms with Gasteiger partial charge >= 0.3 is 5.97 Å². The fourth-order valence-electron chi connectivity index (χ4n) is 3.85. The van der Waals surface area contributed by atoms with Crippen molar-refractivity contribution < 1.29 is 19.4 Å². The number of rotatable bonds is 9. The standard InChI is InChI=1S/C26H28N4O5/c1-5-34-21-12-17(6-8-19(21)23-29-24-22(25(31)30-23)27-13-28-24)16-7-9-20(35-14(2)3)18(11-16)10-15(4)26(32)33/h6-9,11-15H,5,10H2,1-4H3,(H,32,33)(H2,27,28,29,30,31)/t15-/m1/s1. The molecule has 0 radical (unpaired) electrons. The summed E-state index contributed by atoms with van der Waals surface area (Å²) >= 11 is 0. The van der Waals surface area contributed by atoms with Crippen LogP contribution in [-0.4, -0.2) is 43.7 Å². The van der Waals surface area contributed by atoms with Crippen molar-refractivity contribution in [3.63, 3.8) is 0 Å². The summed E-state index contributed by atoms with van der Waals surface area (Å²) in [6.07, 6.45) is 1.74. The first kappa shape index (κ1) is 24.0. The van der Waals surface area contributed by atoms with Crippen LogP contribution in [0.2, 0.25) is 0 Å². The fraction of sp³-hybridized carbons (Fsp3) is 0.308. The zero-order valence-electron chi connectivity index (χ0n) is 20.1. The predicted octanol–water partition coefficient (Wildman–Crippen LogP) is 4.43. The molecule has 35 heavy (non-hydrogen) atoms. The number of aromatic nitrogens is 4. The maximum atomic E-state index is 12.4. The van der Waals surface area contributed by atoms with Gasteiger partial charge in [0, 0.05) is 0 Å². The summed E-state index contributed by atoms with van der Waals surface area (Å²) in [5.74, 6) is 0.185. The van der Waals surface area contributed by atoms with Gasteiger partial charge in [0.25, 0.3) is 5.56 Å². The van der Waals surface area contributed by atoms with Gasteiger partial charge in [-0.15, -0.1) is 0 Å². The van der Waals surface area contributed by atoms with Gasteiger partial charge in [0.05, 0.1) is 30.5 Å². The van der Waals surface area contributed by atoms with E-state index >= 15 is 0 Å². The summed E-state index contributed by atoms with van der Waals surface area (Å²) < 4.78 is 11.8. The minimum Gasteiger partial charge on any atom is -0.493 e. The number of ether oxygens (including phenoxy) is 2. The molecule has 4 aromatic rings. The maximum absolute atomic E-state index is 12.4. The molecule has 0 aliphatic carbocycles. The lowest BCUT2D eigenvalue weighted by molar-refractivity contribution is -0.141. The zero-order valence-corrected chi connectivity index (χ0v) is 20.1. The highest BCUT2D eigenvalue weighted by atomic mass is 16.5. The predicted molar refractivity (Wildman–Crippen MR) is 133 cm³/mol. The molecule has 182 valence electrons. The molecular formula is C26H28N4O5. The molecular weight excluding hydrogens is 448 g/mol. The molecule has 0 saturated carbocycles. The number of carboxylic acid groups (broad SMARTS) is 1. The number of nitrogens with zero attached hydrogens (tertiary/aromatic N) is 2. The number of carbonyl (C=O) groups is 1. The number of imidazole rings is 1. The third-order valence-electron chi connectivity index (χ3n) is 5.54. The molecule has 0 saturated heterocycles. The highest BCUT2D eigenvalue weighted by Gasteiger charge is 2.18. The Bertz CT molecular complexity index is 1420. The molecule has 2 aromatic carbocycles. The van der Waals surface area contributed by atoms with Crippen molar-refractivity contribution in [2.45, 2.75) is 40.2 Å². The number of fused-ring (bicyclic) bond motifs is 1. The van der Waals surface area contributed by atoms with Crippen LogP contribution in [0.1, 0.15) is 33.3 Å². The smallest absolute Gasteiger partial charge is 0.306 e. The second kappa shape index (κ2) is 10.0. The van der Waals surface area contributed by atoms with E-state index < -0.39 is 11.9 Å². The summed E-state index contributed by atoms with van der Waals surface area (Å²) in [7, 11) is 0. The van der Waals surface area contributed by atoms with Gasteiger partial charge in [-0.05, 0) is 68.1 Å². The van der Waals surface area contributed by atoms with Crippen LogP contribution >= 0.6 is 0 Å². The van der Waals surface area contributed by atoms with Crippen molar-refractivity contribution in [1.82, 2.24) is 19.9 Å². The first-order valence-electron chi connectivity index (χ1n) is 11.5. The molecule has 1 atom stereocenters. The van der Waals surface area contributed by atoms with Crippen LogP contribution in [0.4, 0.5) is 0 Å². The van der Waals surface area contributed by atoms with E-state index in [1.807, 2.05) is 57.2 Å². The molecule has 9 nitrogen and oxygen atoms in total. The van der Waals surface area contributed by atoms with Gasteiger partial charge < -0.3 is 24.5 Å². The molecule has 2 heterocycles. The average Bonchev–Trinajstić information content (AvgIpc) is 3.29. The Hall–Kier alpha value is -4.14. The summed E-state index contributed by atoms with van der Waals surface area (Å²) in [5.41, 5.74) is 3.56. The van der Waals surface area contributed by atoms with Crippen molar-refractivity contribution in [3.05, 3.63) is 58.6 Å². The van der Waals surface area contributed by atoms with E-state index in [-0.39, 0.29) is 11.7 Å². The molecule has 3 N–H and O–H groups in total. The van der Waals surface area contributed by atoms with Crippen LogP contribution in [0.5, 0.6) is 11.5 Å². The Balaban J connectivity index is 1.77. The summed E-state index contributed by atoms with van der Waals surface area (Å²) in [4.78, 5) is 38.0. The van der Waals surface area contributed by atoms with Crippen molar-refractivity contribution in [1.29, 1.82) is 0 Å². The van der Waals surface area contributed by atoms with Gasteiger partial charge in [-0.1, -0.05) is 19.1 Å². The van der Waals surface area contributed by atoms with E-state index in [0.29, 0.717) is 47.1 Å². The minimum absolute atomic E-state index is 0.0370. The largest absolute Gasteiger partial charge is 0.493 e. The number of H-pyrrole nitrogens is 2. The molecule has 0 amide bonds. The van der Waals surface area contributed by atoms with E-state index in [4.69, 9.17) is 9.47 Å². The Kier molecular flexibility index (Phi) is 6.86. The number of hydrogen-bond acceptors (Lipinski definition) is 6. The molecule has 9 heteroatoms. The molecule has 0 bridgehead atoms. The van der Waals surface area contributed by atoms with Gasteiger partial charge in [0.2, 0.25) is 0 Å². The SMILES string of the molecule is CCOc1cc(-c2ccc(OC(C)C)c(C[C@@H](C)C(=O)O)c2)ccc1-c1nc2nc[nH]c2c(=O)[nH]1. The van der Waals surface area contributed by atoms with Crippen LogP contribution in [0.25, 0.3) is 33.7 Å². The molecule has 0 spiro atoms. The van der Waals surface area contributed by atoms with Gasteiger partial charge in [-0.3, -0.25) is 9.59 Å². The van der Waals surface area contributed by atoms with Crippen LogP contribution in [0.15, 0.2) is 47.5 Å². The van der Waals surface area contributed by atoms with Crippen LogP contribution in [-0.2, 0) is 11.2 Å². The van der Waals surface area contributed by atoms with E-state index in [1.165, 1.54) is 6.33 Å². The maximum Gasteiger partial charge on any atom is 0.306 e.